The van der Waals surface area contributed by atoms with Crippen LogP contribution in [0.4, 0.5) is 0 Å². The van der Waals surface area contributed by atoms with Crippen LogP contribution >= 0.6 is 0 Å². The van der Waals surface area contributed by atoms with Gasteiger partial charge in [-0.1, -0.05) is 6.07 Å². The number of carbonyl (C=O) groups is 3. The topological polar surface area (TPSA) is 116 Å². The van der Waals surface area contributed by atoms with Gasteiger partial charge in [0.1, 0.15) is 11.5 Å². The molecule has 0 saturated carbocycles. The molecule has 170 valence electrons. The Labute approximate surface area is 186 Å². The second kappa shape index (κ2) is 9.35. The zero-order valence-electron chi connectivity index (χ0n) is 18.9. The normalized spacial score (nSPS) is 17.9. The Balaban J connectivity index is 2.15. The van der Waals surface area contributed by atoms with E-state index in [1.165, 1.54) is 12.0 Å². The molecule has 2 aromatic rings. The number of hydrogen-bond donors (Lipinski definition) is 2. The minimum absolute atomic E-state index is 0.0190. The van der Waals surface area contributed by atoms with Crippen LogP contribution in [0.1, 0.15) is 45.3 Å². The van der Waals surface area contributed by atoms with E-state index in [0.717, 1.165) is 6.54 Å². The smallest absolute Gasteiger partial charge is 0.354 e. The van der Waals surface area contributed by atoms with Crippen LogP contribution in [-0.2, 0) is 14.3 Å². The highest BCUT2D eigenvalue weighted by Crippen LogP contribution is 2.40. The summed E-state index contributed by atoms with van der Waals surface area (Å²) in [4.78, 5) is 48.6. The van der Waals surface area contributed by atoms with Crippen molar-refractivity contribution >= 4 is 23.4 Å². The molecule has 1 fully saturated rings. The first-order valence-corrected chi connectivity index (χ1v) is 10.3. The number of ether oxygens (including phenoxy) is 1. The van der Waals surface area contributed by atoms with E-state index >= 15 is 0 Å². The molecule has 1 saturated heterocycles. The number of aryl methyl sites for hydroxylation is 1. The molecule has 9 nitrogen and oxygen atoms in total. The Bertz CT molecular complexity index is 1070. The molecule has 0 aliphatic carbocycles. The lowest BCUT2D eigenvalue weighted by molar-refractivity contribution is -0.139. The second-order valence-corrected chi connectivity index (χ2v) is 8.05. The van der Waals surface area contributed by atoms with Gasteiger partial charge in [0.05, 0.1) is 18.7 Å². The highest BCUT2D eigenvalue weighted by Gasteiger charge is 2.46. The summed E-state index contributed by atoms with van der Waals surface area (Å²) in [6.45, 7) is 4.41. The van der Waals surface area contributed by atoms with Gasteiger partial charge in [0.15, 0.2) is 0 Å². The summed E-state index contributed by atoms with van der Waals surface area (Å²) in [6.07, 6.45) is 3.84. The molecule has 1 amide bonds. The number of ketones is 1. The fourth-order valence-electron chi connectivity index (χ4n) is 4.10. The van der Waals surface area contributed by atoms with Crippen LogP contribution in [0, 0.1) is 13.8 Å². The third-order valence-electron chi connectivity index (χ3n) is 5.61. The van der Waals surface area contributed by atoms with Gasteiger partial charge < -0.3 is 24.6 Å². The first kappa shape index (κ1) is 23.2. The van der Waals surface area contributed by atoms with Crippen molar-refractivity contribution in [3.05, 3.63) is 58.2 Å². The van der Waals surface area contributed by atoms with Gasteiger partial charge in [-0.2, -0.15) is 0 Å². The Morgan fingerprint density at radius 1 is 1.31 bits per heavy atom. The number of pyridine rings is 1. The zero-order valence-corrected chi connectivity index (χ0v) is 18.9. The van der Waals surface area contributed by atoms with Crippen molar-refractivity contribution in [1.82, 2.24) is 19.8 Å². The number of H-pyrrole nitrogens is 1. The molecule has 3 rings (SSSR count). The van der Waals surface area contributed by atoms with Gasteiger partial charge in [-0.15, -0.1) is 0 Å². The first-order chi connectivity index (χ1) is 15.2. The van der Waals surface area contributed by atoms with E-state index in [9.17, 15) is 19.5 Å². The lowest BCUT2D eigenvalue weighted by Crippen LogP contribution is -2.32. The van der Waals surface area contributed by atoms with Crippen LogP contribution in [0.5, 0.6) is 0 Å². The van der Waals surface area contributed by atoms with Crippen molar-refractivity contribution in [2.45, 2.75) is 26.3 Å². The number of nitrogens with one attached hydrogen (secondary N) is 1. The summed E-state index contributed by atoms with van der Waals surface area (Å²) in [7, 11) is 5.13. The number of esters is 1. The Morgan fingerprint density at radius 3 is 2.62 bits per heavy atom. The standard InChI is InChI=1S/C23H28N4O5/c1-13-16(14(2)25-18(13)23(31)32-5)20(28)17-19(15-8-6-9-24-12-15)27(22(30)21(17)29)11-7-10-26(3)4/h6,8-9,12,19,25,28H,7,10-11H2,1-5H3/b20-17+/t19-/m0/s1. The van der Waals surface area contributed by atoms with E-state index in [0.29, 0.717) is 35.3 Å². The van der Waals surface area contributed by atoms with Gasteiger partial charge >= 0.3 is 5.97 Å². The number of hydrogen-bond acceptors (Lipinski definition) is 7. The molecular formula is C23H28N4O5. The molecule has 0 radical (unpaired) electrons. The molecule has 32 heavy (non-hydrogen) atoms. The highest BCUT2D eigenvalue weighted by atomic mass is 16.5. The van der Waals surface area contributed by atoms with Crippen LogP contribution in [-0.4, -0.2) is 76.8 Å². The molecule has 0 bridgehead atoms. The number of nitrogens with zero attached hydrogens (tertiary/aromatic N) is 3. The van der Waals surface area contributed by atoms with Crippen LogP contribution in [0.25, 0.3) is 5.76 Å². The van der Waals surface area contributed by atoms with Crippen LogP contribution in [0.3, 0.4) is 0 Å². The highest BCUT2D eigenvalue weighted by molar-refractivity contribution is 6.46. The molecule has 1 aliphatic rings. The lowest BCUT2D eigenvalue weighted by Gasteiger charge is -2.25. The summed E-state index contributed by atoms with van der Waals surface area (Å²) in [5.74, 6) is -2.34. The van der Waals surface area contributed by atoms with E-state index in [4.69, 9.17) is 4.74 Å². The third-order valence-corrected chi connectivity index (χ3v) is 5.61. The average Bonchev–Trinajstić information content (AvgIpc) is 3.20. The number of methoxy groups -OCH3 is 1. The summed E-state index contributed by atoms with van der Waals surface area (Å²) in [5.41, 5.74) is 2.03. The SMILES string of the molecule is COC(=O)c1[nH]c(C)c(/C(O)=C2\C(=O)C(=O)N(CCCN(C)C)[C@H]2c2cccnc2)c1C. The third kappa shape index (κ3) is 4.16. The summed E-state index contributed by atoms with van der Waals surface area (Å²) in [6, 6.07) is 2.71. The van der Waals surface area contributed by atoms with Gasteiger partial charge in [0.25, 0.3) is 11.7 Å². The maximum atomic E-state index is 13.1. The van der Waals surface area contributed by atoms with Crippen molar-refractivity contribution in [1.29, 1.82) is 0 Å². The summed E-state index contributed by atoms with van der Waals surface area (Å²) in [5, 5.41) is 11.3. The molecule has 9 heteroatoms. The van der Waals surface area contributed by atoms with Crippen molar-refractivity contribution in [2.75, 3.05) is 34.3 Å². The van der Waals surface area contributed by atoms with Gasteiger partial charge in [-0.25, -0.2) is 4.79 Å². The molecule has 2 aromatic heterocycles. The number of amides is 1. The molecule has 0 aromatic carbocycles. The number of aliphatic hydroxyl groups is 1. The van der Waals surface area contributed by atoms with Crippen LogP contribution in [0.2, 0.25) is 0 Å². The van der Waals surface area contributed by atoms with Crippen LogP contribution < -0.4 is 0 Å². The number of aromatic amines is 1. The fourth-order valence-corrected chi connectivity index (χ4v) is 4.10. The van der Waals surface area contributed by atoms with Crippen molar-refractivity contribution in [3.63, 3.8) is 0 Å². The number of aromatic nitrogens is 2. The minimum atomic E-state index is -0.777. The monoisotopic (exact) mass is 440 g/mol. The summed E-state index contributed by atoms with van der Waals surface area (Å²) < 4.78 is 4.79. The van der Waals surface area contributed by atoms with E-state index in [-0.39, 0.29) is 17.0 Å². The predicted molar refractivity (Wildman–Crippen MR) is 118 cm³/mol. The zero-order chi connectivity index (χ0) is 23.6. The van der Waals surface area contributed by atoms with E-state index < -0.39 is 23.7 Å². The molecule has 1 aliphatic heterocycles. The minimum Gasteiger partial charge on any atom is -0.507 e. The van der Waals surface area contributed by atoms with Gasteiger partial charge in [0, 0.05) is 30.2 Å². The average molecular weight is 441 g/mol. The molecule has 0 spiro atoms. The van der Waals surface area contributed by atoms with Gasteiger partial charge in [0.2, 0.25) is 0 Å². The molecule has 3 heterocycles. The number of carbonyl (C=O) groups excluding carboxylic acids is 3. The molecule has 0 unspecified atom stereocenters. The second-order valence-electron chi connectivity index (χ2n) is 8.05. The van der Waals surface area contributed by atoms with Crippen LogP contribution in [0.15, 0.2) is 30.1 Å². The number of Topliss-reactive ketones (excluding diaryl/α,β-unsaturated/α-hetero) is 1. The fraction of sp³-hybridized carbons (Fsp3) is 0.391. The largest absolute Gasteiger partial charge is 0.507 e. The maximum Gasteiger partial charge on any atom is 0.354 e. The quantitative estimate of drug-likeness (QED) is 0.293. The first-order valence-electron chi connectivity index (χ1n) is 10.3. The Hall–Kier alpha value is -3.46. The van der Waals surface area contributed by atoms with Crippen molar-refractivity contribution in [3.8, 4) is 0 Å². The predicted octanol–water partition coefficient (Wildman–Crippen LogP) is 2.19. The van der Waals surface area contributed by atoms with Crippen molar-refractivity contribution in [2.24, 2.45) is 0 Å². The molecular weight excluding hydrogens is 412 g/mol. The maximum absolute atomic E-state index is 13.1. The number of rotatable bonds is 7. The number of likely N-dealkylation sites (tertiary alicyclic amines) is 1. The van der Waals surface area contributed by atoms with Crippen molar-refractivity contribution < 1.29 is 24.2 Å². The van der Waals surface area contributed by atoms with Gasteiger partial charge in [-0.3, -0.25) is 14.6 Å². The van der Waals surface area contributed by atoms with E-state index in [1.807, 2.05) is 19.0 Å². The van der Waals surface area contributed by atoms with Gasteiger partial charge in [-0.05, 0) is 58.1 Å². The van der Waals surface area contributed by atoms with E-state index in [2.05, 4.69) is 9.97 Å². The molecule has 1 atom stereocenters. The molecule has 2 N–H and O–H groups in total. The van der Waals surface area contributed by atoms with E-state index in [1.54, 1.807) is 38.4 Å². The number of aliphatic hydroxyl groups excluding tert-OH is 1. The lowest BCUT2D eigenvalue weighted by atomic mass is 9.95. The Kier molecular flexibility index (Phi) is 6.78. The Morgan fingerprint density at radius 2 is 2.03 bits per heavy atom. The summed E-state index contributed by atoms with van der Waals surface area (Å²) >= 11 is 0.